The van der Waals surface area contributed by atoms with E-state index >= 15 is 0 Å². The first-order chi connectivity index (χ1) is 14.0. The van der Waals surface area contributed by atoms with Crippen molar-refractivity contribution in [2.24, 2.45) is 16.3 Å². The van der Waals surface area contributed by atoms with E-state index in [0.29, 0.717) is 12.0 Å². The Morgan fingerprint density at radius 1 is 1.20 bits per heavy atom. The molecule has 0 spiro atoms. The second kappa shape index (κ2) is 12.2. The van der Waals surface area contributed by atoms with Crippen LogP contribution in [0.1, 0.15) is 51.2 Å². The SMILES string of the molecule is CN=C(NCCCN1CCc2ccccc2C1)NCC1CCCOC1C(C)(C)C.I. The Morgan fingerprint density at radius 2 is 1.97 bits per heavy atom. The number of fused-ring (bicyclic) bond motifs is 1. The van der Waals surface area contributed by atoms with Gasteiger partial charge in [-0.15, -0.1) is 24.0 Å². The summed E-state index contributed by atoms with van der Waals surface area (Å²) < 4.78 is 6.11. The molecule has 2 aliphatic heterocycles. The minimum absolute atomic E-state index is 0. The highest BCUT2D eigenvalue weighted by Gasteiger charge is 2.35. The zero-order valence-electron chi connectivity index (χ0n) is 19.2. The van der Waals surface area contributed by atoms with Crippen molar-refractivity contribution in [2.45, 2.75) is 59.1 Å². The van der Waals surface area contributed by atoms with Gasteiger partial charge in [0.25, 0.3) is 0 Å². The van der Waals surface area contributed by atoms with E-state index in [4.69, 9.17) is 4.74 Å². The number of hydrogen-bond donors (Lipinski definition) is 2. The molecule has 0 saturated carbocycles. The monoisotopic (exact) mass is 528 g/mol. The molecule has 1 fully saturated rings. The molecule has 170 valence electrons. The number of ether oxygens (including phenoxy) is 1. The van der Waals surface area contributed by atoms with Crippen LogP contribution >= 0.6 is 24.0 Å². The molecule has 1 aromatic carbocycles. The molecule has 2 aliphatic rings. The van der Waals surface area contributed by atoms with Crippen LogP contribution in [0.4, 0.5) is 0 Å². The molecule has 1 aromatic rings. The van der Waals surface area contributed by atoms with E-state index < -0.39 is 0 Å². The van der Waals surface area contributed by atoms with Gasteiger partial charge in [0, 0.05) is 52.3 Å². The van der Waals surface area contributed by atoms with E-state index in [9.17, 15) is 0 Å². The van der Waals surface area contributed by atoms with Crippen molar-refractivity contribution in [2.75, 3.05) is 39.8 Å². The summed E-state index contributed by atoms with van der Waals surface area (Å²) in [6.07, 6.45) is 4.99. The van der Waals surface area contributed by atoms with Gasteiger partial charge in [0.2, 0.25) is 0 Å². The zero-order chi connectivity index (χ0) is 20.7. The van der Waals surface area contributed by atoms with Crippen molar-refractivity contribution in [1.29, 1.82) is 0 Å². The highest BCUT2D eigenvalue weighted by Crippen LogP contribution is 2.33. The molecule has 0 bridgehead atoms. The van der Waals surface area contributed by atoms with Crippen LogP contribution in [-0.2, 0) is 17.7 Å². The normalized spacial score (nSPS) is 22.7. The van der Waals surface area contributed by atoms with Gasteiger partial charge in [-0.2, -0.15) is 0 Å². The van der Waals surface area contributed by atoms with E-state index in [2.05, 4.69) is 65.6 Å². The Hall–Kier alpha value is -0.860. The second-order valence-corrected chi connectivity index (χ2v) is 9.59. The summed E-state index contributed by atoms with van der Waals surface area (Å²) in [5, 5.41) is 7.03. The largest absolute Gasteiger partial charge is 0.377 e. The summed E-state index contributed by atoms with van der Waals surface area (Å²) in [5.74, 6) is 1.45. The summed E-state index contributed by atoms with van der Waals surface area (Å²) >= 11 is 0. The van der Waals surface area contributed by atoms with E-state index in [1.54, 1.807) is 0 Å². The third kappa shape index (κ3) is 7.38. The minimum Gasteiger partial charge on any atom is -0.377 e. The summed E-state index contributed by atoms with van der Waals surface area (Å²) in [6, 6.07) is 8.85. The Balaban J connectivity index is 0.00000320. The van der Waals surface area contributed by atoms with Gasteiger partial charge in [-0.05, 0) is 42.2 Å². The van der Waals surface area contributed by atoms with Crippen LogP contribution in [-0.4, -0.2) is 56.8 Å². The lowest BCUT2D eigenvalue weighted by Crippen LogP contribution is -2.47. The van der Waals surface area contributed by atoms with Crippen LogP contribution in [0.5, 0.6) is 0 Å². The molecule has 5 nitrogen and oxygen atoms in total. The van der Waals surface area contributed by atoms with Crippen molar-refractivity contribution >= 4 is 29.9 Å². The fraction of sp³-hybridized carbons (Fsp3) is 0.708. The molecular weight excluding hydrogens is 487 g/mol. The van der Waals surface area contributed by atoms with Crippen molar-refractivity contribution in [3.63, 3.8) is 0 Å². The molecule has 3 rings (SSSR count). The van der Waals surface area contributed by atoms with Crippen molar-refractivity contribution < 1.29 is 4.74 Å². The summed E-state index contributed by atoms with van der Waals surface area (Å²) in [7, 11) is 1.86. The fourth-order valence-electron chi connectivity index (χ4n) is 4.71. The Bertz CT molecular complexity index is 673. The van der Waals surface area contributed by atoms with E-state index in [1.165, 1.54) is 30.5 Å². The third-order valence-electron chi connectivity index (χ3n) is 6.21. The van der Waals surface area contributed by atoms with Gasteiger partial charge >= 0.3 is 0 Å². The quantitative estimate of drug-likeness (QED) is 0.253. The van der Waals surface area contributed by atoms with Gasteiger partial charge in [0.1, 0.15) is 0 Å². The average Bonchev–Trinajstić information content (AvgIpc) is 2.72. The van der Waals surface area contributed by atoms with Crippen LogP contribution < -0.4 is 10.6 Å². The maximum absolute atomic E-state index is 6.11. The maximum atomic E-state index is 6.11. The number of guanidine groups is 1. The lowest BCUT2D eigenvalue weighted by Gasteiger charge is -2.40. The Morgan fingerprint density at radius 3 is 2.70 bits per heavy atom. The van der Waals surface area contributed by atoms with Crippen LogP contribution in [0, 0.1) is 11.3 Å². The standard InChI is InChI=1S/C24H40N4O.HI/c1-24(2,3)22-20(11-7-16-29-22)17-27-23(25-4)26-13-8-14-28-15-12-19-9-5-6-10-21(19)18-28;/h5-6,9-10,20,22H,7-8,11-18H2,1-4H3,(H2,25,26,27);1H. The molecule has 2 unspecified atom stereocenters. The van der Waals surface area contributed by atoms with Crippen LogP contribution in [0.25, 0.3) is 0 Å². The lowest BCUT2D eigenvalue weighted by atomic mass is 9.78. The molecule has 0 aliphatic carbocycles. The minimum atomic E-state index is 0. The first-order valence-corrected chi connectivity index (χ1v) is 11.3. The number of nitrogens with zero attached hydrogens (tertiary/aromatic N) is 2. The van der Waals surface area contributed by atoms with Crippen LogP contribution in [0.2, 0.25) is 0 Å². The van der Waals surface area contributed by atoms with Crippen molar-refractivity contribution in [3.05, 3.63) is 35.4 Å². The van der Waals surface area contributed by atoms with Crippen molar-refractivity contribution in [1.82, 2.24) is 15.5 Å². The van der Waals surface area contributed by atoms with Crippen molar-refractivity contribution in [3.8, 4) is 0 Å². The second-order valence-electron chi connectivity index (χ2n) is 9.59. The van der Waals surface area contributed by atoms with E-state index in [1.807, 2.05) is 7.05 Å². The predicted molar refractivity (Wildman–Crippen MR) is 137 cm³/mol. The molecule has 2 atom stereocenters. The number of nitrogens with one attached hydrogen (secondary N) is 2. The number of hydrogen-bond acceptors (Lipinski definition) is 3. The summed E-state index contributed by atoms with van der Waals surface area (Å²) in [5.41, 5.74) is 3.19. The molecule has 2 heterocycles. The van der Waals surface area contributed by atoms with Gasteiger partial charge < -0.3 is 15.4 Å². The fourth-order valence-corrected chi connectivity index (χ4v) is 4.71. The molecular formula is C24H41IN4O. The number of aliphatic imine (C=N–C) groups is 1. The van der Waals surface area contributed by atoms with Crippen LogP contribution in [0.3, 0.4) is 0 Å². The average molecular weight is 529 g/mol. The smallest absolute Gasteiger partial charge is 0.190 e. The molecule has 2 N–H and O–H groups in total. The summed E-state index contributed by atoms with van der Waals surface area (Å²) in [6.45, 7) is 13.0. The number of halogens is 1. The van der Waals surface area contributed by atoms with E-state index in [0.717, 1.165) is 51.6 Å². The Labute approximate surface area is 200 Å². The van der Waals surface area contributed by atoms with Gasteiger partial charge in [-0.25, -0.2) is 0 Å². The number of rotatable bonds is 6. The topological polar surface area (TPSA) is 48.9 Å². The van der Waals surface area contributed by atoms with Crippen LogP contribution in [0.15, 0.2) is 29.3 Å². The first-order valence-electron chi connectivity index (χ1n) is 11.3. The molecule has 0 radical (unpaired) electrons. The molecule has 30 heavy (non-hydrogen) atoms. The maximum Gasteiger partial charge on any atom is 0.190 e. The first kappa shape index (κ1) is 25.4. The molecule has 0 amide bonds. The zero-order valence-corrected chi connectivity index (χ0v) is 21.6. The molecule has 1 saturated heterocycles. The molecule has 6 heteroatoms. The number of benzene rings is 1. The third-order valence-corrected chi connectivity index (χ3v) is 6.21. The Kier molecular flexibility index (Phi) is 10.4. The highest BCUT2D eigenvalue weighted by atomic mass is 127. The van der Waals surface area contributed by atoms with Gasteiger partial charge in [0.05, 0.1) is 6.10 Å². The predicted octanol–water partition coefficient (Wildman–Crippen LogP) is 4.06. The van der Waals surface area contributed by atoms with Gasteiger partial charge in [-0.1, -0.05) is 45.0 Å². The van der Waals surface area contributed by atoms with Gasteiger partial charge in [-0.3, -0.25) is 9.89 Å². The molecule has 0 aromatic heterocycles. The van der Waals surface area contributed by atoms with E-state index in [-0.39, 0.29) is 29.4 Å². The highest BCUT2D eigenvalue weighted by molar-refractivity contribution is 14.0. The summed E-state index contributed by atoms with van der Waals surface area (Å²) in [4.78, 5) is 6.98. The van der Waals surface area contributed by atoms with Gasteiger partial charge in [0.15, 0.2) is 5.96 Å². The lowest BCUT2D eigenvalue weighted by molar-refractivity contribution is -0.0835.